The lowest BCUT2D eigenvalue weighted by Gasteiger charge is -2.57. The number of aryl methyl sites for hydroxylation is 1. The van der Waals surface area contributed by atoms with Crippen LogP contribution in [0.4, 0.5) is 0 Å². The molecule has 0 saturated heterocycles. The third-order valence-electron chi connectivity index (χ3n) is 8.27. The monoisotopic (exact) mass is 326 g/mol. The van der Waals surface area contributed by atoms with Gasteiger partial charge in [0.25, 0.3) is 0 Å². The second-order valence-corrected chi connectivity index (χ2v) is 8.89. The van der Waals surface area contributed by atoms with Crippen LogP contribution in [0.15, 0.2) is 18.2 Å². The van der Waals surface area contributed by atoms with Crippen LogP contribution < -0.4 is 4.74 Å². The van der Waals surface area contributed by atoms with Crippen molar-refractivity contribution in [3.05, 3.63) is 29.3 Å². The van der Waals surface area contributed by atoms with Crippen molar-refractivity contribution in [2.24, 2.45) is 22.7 Å². The highest BCUT2D eigenvalue weighted by Crippen LogP contribution is 2.69. The van der Waals surface area contributed by atoms with Crippen LogP contribution in [-0.4, -0.2) is 12.9 Å². The Kier molecular flexibility index (Phi) is 3.60. The predicted octanol–water partition coefficient (Wildman–Crippen LogP) is 5.15. The smallest absolute Gasteiger partial charge is 0.133 e. The van der Waals surface area contributed by atoms with Gasteiger partial charge in [0.2, 0.25) is 0 Å². The van der Waals surface area contributed by atoms with Gasteiger partial charge >= 0.3 is 0 Å². The van der Waals surface area contributed by atoms with Gasteiger partial charge in [-0.1, -0.05) is 19.9 Å². The molecule has 2 heteroatoms. The van der Waals surface area contributed by atoms with E-state index in [9.17, 15) is 4.79 Å². The Balaban J connectivity index is 1.72. The Bertz CT molecular complexity index is 679. The summed E-state index contributed by atoms with van der Waals surface area (Å²) >= 11 is 0. The van der Waals surface area contributed by atoms with E-state index < -0.39 is 0 Å². The molecule has 0 N–H and O–H groups in total. The molecule has 0 amide bonds. The molecule has 0 radical (unpaired) electrons. The van der Waals surface area contributed by atoms with Crippen LogP contribution in [0.2, 0.25) is 0 Å². The van der Waals surface area contributed by atoms with Gasteiger partial charge in [0.15, 0.2) is 0 Å². The first-order valence-electron chi connectivity index (χ1n) is 9.58. The maximum atomic E-state index is 12.3. The number of methoxy groups -OCH3 is 1. The fourth-order valence-corrected chi connectivity index (χ4v) is 6.76. The average molecular weight is 326 g/mol. The fraction of sp³-hybridized carbons (Fsp3) is 0.682. The van der Waals surface area contributed by atoms with Crippen molar-refractivity contribution in [1.29, 1.82) is 0 Å². The molecular formula is C22H30O2. The Morgan fingerprint density at radius 1 is 1.12 bits per heavy atom. The number of carbonyl (C=O) groups excluding carboxylic acids is 1. The van der Waals surface area contributed by atoms with Crippen LogP contribution in [0.5, 0.6) is 5.75 Å². The minimum atomic E-state index is 0.198. The van der Waals surface area contributed by atoms with Gasteiger partial charge < -0.3 is 4.74 Å². The first kappa shape index (κ1) is 16.2. The standard InChI is InChI=1S/C22H30O2/c1-14(23)19-10-12-22(3)20-8-5-15-13-16(24-4)6-7-17(15)18(20)9-11-21(19,22)2/h6-7,13,18-20H,5,8-12H2,1-4H3/t18-,19-,20-,21-,22+/m1/s1. The van der Waals surface area contributed by atoms with E-state index in [-0.39, 0.29) is 11.3 Å². The normalized spacial score (nSPS) is 40.4. The number of ether oxygens (including phenoxy) is 1. The van der Waals surface area contributed by atoms with Gasteiger partial charge in [0.05, 0.1) is 7.11 Å². The molecule has 0 heterocycles. The number of carbonyl (C=O) groups is 1. The third-order valence-corrected chi connectivity index (χ3v) is 8.27. The third kappa shape index (κ3) is 1.98. The van der Waals surface area contributed by atoms with Crippen LogP contribution >= 0.6 is 0 Å². The summed E-state index contributed by atoms with van der Waals surface area (Å²) in [5, 5.41) is 0. The van der Waals surface area contributed by atoms with Crippen molar-refractivity contribution in [3.8, 4) is 5.75 Å². The molecule has 2 saturated carbocycles. The number of ketones is 1. The van der Waals surface area contributed by atoms with E-state index in [4.69, 9.17) is 4.74 Å². The summed E-state index contributed by atoms with van der Waals surface area (Å²) in [6.45, 7) is 6.74. The van der Waals surface area contributed by atoms with Gasteiger partial charge in [-0.2, -0.15) is 0 Å². The lowest BCUT2D eigenvalue weighted by Crippen LogP contribution is -2.50. The summed E-state index contributed by atoms with van der Waals surface area (Å²) in [6.07, 6.45) is 7.17. The highest BCUT2D eigenvalue weighted by molar-refractivity contribution is 5.79. The largest absolute Gasteiger partial charge is 0.497 e. The molecule has 5 atom stereocenters. The number of hydrogen-bond acceptors (Lipinski definition) is 2. The molecule has 2 nitrogen and oxygen atoms in total. The van der Waals surface area contributed by atoms with Gasteiger partial charge in [0.1, 0.15) is 11.5 Å². The van der Waals surface area contributed by atoms with Crippen LogP contribution in [-0.2, 0) is 11.2 Å². The number of benzene rings is 1. The quantitative estimate of drug-likeness (QED) is 0.751. The SMILES string of the molecule is COc1ccc2c(c1)CC[C@@H]1[C@@H]2CC[C@]2(C)[C@@H](C(C)=O)CC[C@@]12C. The van der Waals surface area contributed by atoms with E-state index in [1.165, 1.54) is 31.2 Å². The van der Waals surface area contributed by atoms with Crippen LogP contribution in [0.25, 0.3) is 0 Å². The molecule has 3 aliphatic carbocycles. The first-order chi connectivity index (χ1) is 11.4. The van der Waals surface area contributed by atoms with E-state index in [1.54, 1.807) is 12.7 Å². The lowest BCUT2D eigenvalue weighted by molar-refractivity contribution is -0.129. The first-order valence-corrected chi connectivity index (χ1v) is 9.58. The van der Waals surface area contributed by atoms with Crippen molar-refractivity contribution >= 4 is 5.78 Å². The minimum absolute atomic E-state index is 0.198. The number of fused-ring (bicyclic) bond motifs is 5. The molecule has 0 spiro atoms. The summed E-state index contributed by atoms with van der Waals surface area (Å²) in [7, 11) is 1.75. The van der Waals surface area contributed by atoms with E-state index >= 15 is 0 Å². The molecule has 130 valence electrons. The van der Waals surface area contributed by atoms with Gasteiger partial charge in [0, 0.05) is 5.92 Å². The summed E-state index contributed by atoms with van der Waals surface area (Å²) in [5.41, 5.74) is 3.55. The Morgan fingerprint density at radius 3 is 2.58 bits per heavy atom. The zero-order chi connectivity index (χ0) is 17.1. The zero-order valence-corrected chi connectivity index (χ0v) is 15.5. The van der Waals surface area contributed by atoms with Crippen molar-refractivity contribution in [2.75, 3.05) is 7.11 Å². The molecule has 1 aromatic rings. The highest BCUT2D eigenvalue weighted by atomic mass is 16.5. The lowest BCUT2D eigenvalue weighted by atomic mass is 9.47. The van der Waals surface area contributed by atoms with Crippen LogP contribution in [0, 0.1) is 22.7 Å². The molecule has 0 aromatic heterocycles. The van der Waals surface area contributed by atoms with Crippen molar-refractivity contribution in [1.82, 2.24) is 0 Å². The predicted molar refractivity (Wildman–Crippen MR) is 96.4 cm³/mol. The maximum Gasteiger partial charge on any atom is 0.133 e. The fourth-order valence-electron chi connectivity index (χ4n) is 6.76. The molecule has 1 aromatic carbocycles. The van der Waals surface area contributed by atoms with Gasteiger partial charge in [-0.25, -0.2) is 0 Å². The summed E-state index contributed by atoms with van der Waals surface area (Å²) in [6, 6.07) is 6.69. The number of hydrogen-bond donors (Lipinski definition) is 0. The highest BCUT2D eigenvalue weighted by Gasteiger charge is 2.62. The van der Waals surface area contributed by atoms with Crippen molar-refractivity contribution < 1.29 is 9.53 Å². The second kappa shape index (κ2) is 5.34. The van der Waals surface area contributed by atoms with E-state index in [0.717, 1.165) is 24.5 Å². The zero-order valence-electron chi connectivity index (χ0n) is 15.5. The summed E-state index contributed by atoms with van der Waals surface area (Å²) in [4.78, 5) is 12.3. The van der Waals surface area contributed by atoms with Gasteiger partial charge in [-0.15, -0.1) is 0 Å². The Labute approximate surface area is 146 Å². The molecule has 0 unspecified atom stereocenters. The second-order valence-electron chi connectivity index (χ2n) is 8.89. The maximum absolute atomic E-state index is 12.3. The van der Waals surface area contributed by atoms with E-state index in [2.05, 4.69) is 32.0 Å². The summed E-state index contributed by atoms with van der Waals surface area (Å²) < 4.78 is 5.42. The topological polar surface area (TPSA) is 26.3 Å². The summed E-state index contributed by atoms with van der Waals surface area (Å²) in [5.74, 6) is 3.07. The molecule has 0 bridgehead atoms. The Hall–Kier alpha value is -1.31. The molecule has 24 heavy (non-hydrogen) atoms. The van der Waals surface area contributed by atoms with Crippen LogP contribution in [0.3, 0.4) is 0 Å². The van der Waals surface area contributed by atoms with Crippen LogP contribution in [0.1, 0.15) is 69.9 Å². The number of rotatable bonds is 2. The molecule has 3 aliphatic rings. The minimum Gasteiger partial charge on any atom is -0.497 e. The van der Waals surface area contributed by atoms with E-state index in [1.807, 2.05) is 6.92 Å². The molecule has 2 fully saturated rings. The number of Topliss-reactive ketones (excluding diaryl/α,β-unsaturated/α-hetero) is 1. The molecule has 0 aliphatic heterocycles. The average Bonchev–Trinajstić information content (AvgIpc) is 2.86. The van der Waals surface area contributed by atoms with Gasteiger partial charge in [-0.3, -0.25) is 4.79 Å². The van der Waals surface area contributed by atoms with E-state index in [0.29, 0.717) is 17.1 Å². The van der Waals surface area contributed by atoms with Crippen molar-refractivity contribution in [3.63, 3.8) is 0 Å². The van der Waals surface area contributed by atoms with Gasteiger partial charge in [-0.05, 0) is 91.4 Å². The Morgan fingerprint density at radius 2 is 1.88 bits per heavy atom. The molecular weight excluding hydrogens is 296 g/mol. The van der Waals surface area contributed by atoms with Crippen molar-refractivity contribution in [2.45, 2.75) is 65.2 Å². The molecule has 4 rings (SSSR count).